The van der Waals surface area contributed by atoms with Crippen LogP contribution in [0, 0.1) is 5.41 Å². The maximum absolute atomic E-state index is 9.95. The third-order valence-corrected chi connectivity index (χ3v) is 2.77. The van der Waals surface area contributed by atoms with Crippen molar-refractivity contribution < 1.29 is 9.84 Å². The van der Waals surface area contributed by atoms with Crippen LogP contribution in [0.3, 0.4) is 0 Å². The lowest BCUT2D eigenvalue weighted by molar-refractivity contribution is 0.121. The molecule has 2 N–H and O–H groups in total. The fraction of sp³-hybridized carbons (Fsp3) is 0.533. The van der Waals surface area contributed by atoms with Crippen LogP contribution in [0.4, 0.5) is 0 Å². The molecule has 0 aliphatic heterocycles. The summed E-state index contributed by atoms with van der Waals surface area (Å²) in [6.07, 6.45) is 1.81. The lowest BCUT2D eigenvalue weighted by Gasteiger charge is -2.11. The van der Waals surface area contributed by atoms with E-state index >= 15 is 0 Å². The molecule has 1 atom stereocenters. The van der Waals surface area contributed by atoms with Crippen LogP contribution in [0.15, 0.2) is 24.3 Å². The summed E-state index contributed by atoms with van der Waals surface area (Å²) in [6, 6.07) is 7.86. The predicted octanol–water partition coefficient (Wildman–Crippen LogP) is 3.47. The van der Waals surface area contributed by atoms with E-state index in [1.165, 1.54) is 0 Å². The highest BCUT2D eigenvalue weighted by atomic mass is 16.5. The van der Waals surface area contributed by atoms with Crippen molar-refractivity contribution in [3.63, 3.8) is 0 Å². The van der Waals surface area contributed by atoms with Crippen molar-refractivity contribution in [1.82, 2.24) is 0 Å². The molecule has 1 aromatic rings. The first-order chi connectivity index (χ1) is 8.63. The first kappa shape index (κ1) is 14.9. The van der Waals surface area contributed by atoms with Crippen LogP contribution < -0.4 is 0 Å². The Labute approximate surface area is 109 Å². The van der Waals surface area contributed by atoms with Gasteiger partial charge in [0.15, 0.2) is 0 Å². The molecule has 0 heterocycles. The van der Waals surface area contributed by atoms with E-state index in [1.807, 2.05) is 24.3 Å². The van der Waals surface area contributed by atoms with Crippen molar-refractivity contribution in [3.8, 4) is 0 Å². The van der Waals surface area contributed by atoms with Gasteiger partial charge >= 0.3 is 0 Å². The quantitative estimate of drug-likeness (QED) is 0.547. The third kappa shape index (κ3) is 5.43. The summed E-state index contributed by atoms with van der Waals surface area (Å²) >= 11 is 0. The Kier molecular flexibility index (Phi) is 6.61. The van der Waals surface area contributed by atoms with Gasteiger partial charge in [0.2, 0.25) is 0 Å². The minimum Gasteiger partial charge on any atom is -0.388 e. The van der Waals surface area contributed by atoms with E-state index in [2.05, 4.69) is 6.92 Å². The van der Waals surface area contributed by atoms with E-state index in [9.17, 15) is 5.11 Å². The van der Waals surface area contributed by atoms with Crippen LogP contribution >= 0.6 is 0 Å². The van der Waals surface area contributed by atoms with Crippen LogP contribution in [0.2, 0.25) is 0 Å². The number of benzene rings is 1. The molecular formula is C15H23NO2. The molecule has 1 unspecified atom stereocenters. The molecule has 0 spiro atoms. The zero-order valence-corrected chi connectivity index (χ0v) is 11.3. The summed E-state index contributed by atoms with van der Waals surface area (Å²) in [6.45, 7) is 5.26. The van der Waals surface area contributed by atoms with Crippen molar-refractivity contribution >= 4 is 5.71 Å². The zero-order chi connectivity index (χ0) is 13.4. The molecule has 1 rings (SSSR count). The van der Waals surface area contributed by atoms with E-state index in [0.29, 0.717) is 25.2 Å². The third-order valence-electron chi connectivity index (χ3n) is 2.77. The van der Waals surface area contributed by atoms with Crippen molar-refractivity contribution in [2.75, 3.05) is 6.61 Å². The van der Waals surface area contributed by atoms with E-state index in [1.54, 1.807) is 6.92 Å². The summed E-state index contributed by atoms with van der Waals surface area (Å²) in [5.74, 6) is 0. The molecule has 0 saturated carbocycles. The standard InChI is InChI=1S/C15H23NO2/c1-3-10-18-11-13-5-7-14(8-6-13)15(17)9-4-12(2)16/h5-8,15-17H,3-4,9-11H2,1-2H3. The summed E-state index contributed by atoms with van der Waals surface area (Å²) in [5.41, 5.74) is 2.65. The number of aliphatic hydroxyl groups excluding tert-OH is 1. The van der Waals surface area contributed by atoms with Gasteiger partial charge in [-0.25, -0.2) is 0 Å². The molecule has 100 valence electrons. The van der Waals surface area contributed by atoms with E-state index < -0.39 is 6.10 Å². The Hall–Kier alpha value is -1.19. The van der Waals surface area contributed by atoms with Crippen LogP contribution in [-0.2, 0) is 11.3 Å². The van der Waals surface area contributed by atoms with Crippen molar-refractivity contribution in [2.24, 2.45) is 0 Å². The highest BCUT2D eigenvalue weighted by Crippen LogP contribution is 2.19. The lowest BCUT2D eigenvalue weighted by Crippen LogP contribution is -2.01. The van der Waals surface area contributed by atoms with Gasteiger partial charge in [0, 0.05) is 12.3 Å². The smallest absolute Gasteiger partial charge is 0.0793 e. The summed E-state index contributed by atoms with van der Waals surface area (Å²) in [7, 11) is 0. The summed E-state index contributed by atoms with van der Waals surface area (Å²) in [5, 5.41) is 17.3. The van der Waals surface area contributed by atoms with Crippen molar-refractivity contribution in [3.05, 3.63) is 35.4 Å². The minimum atomic E-state index is -0.476. The second-order valence-electron chi connectivity index (χ2n) is 4.63. The number of hydrogen-bond donors (Lipinski definition) is 2. The van der Waals surface area contributed by atoms with Crippen LogP contribution in [0.25, 0.3) is 0 Å². The van der Waals surface area contributed by atoms with E-state index in [4.69, 9.17) is 10.1 Å². The Morgan fingerprint density at radius 2 is 2.00 bits per heavy atom. The maximum Gasteiger partial charge on any atom is 0.0793 e. The fourth-order valence-electron chi connectivity index (χ4n) is 1.69. The molecule has 3 nitrogen and oxygen atoms in total. The lowest BCUT2D eigenvalue weighted by atomic mass is 10.0. The molecule has 0 amide bonds. The van der Waals surface area contributed by atoms with Crippen LogP contribution in [0.5, 0.6) is 0 Å². The fourth-order valence-corrected chi connectivity index (χ4v) is 1.69. The van der Waals surface area contributed by atoms with Crippen molar-refractivity contribution in [2.45, 2.75) is 45.8 Å². The Morgan fingerprint density at radius 1 is 1.33 bits per heavy atom. The summed E-state index contributed by atoms with van der Waals surface area (Å²) < 4.78 is 5.46. The minimum absolute atomic E-state index is 0.476. The molecule has 0 saturated heterocycles. The van der Waals surface area contributed by atoms with Gasteiger partial charge in [-0.3, -0.25) is 0 Å². The molecule has 3 heteroatoms. The number of nitrogens with one attached hydrogen (secondary N) is 1. The van der Waals surface area contributed by atoms with Gasteiger partial charge in [-0.2, -0.15) is 0 Å². The van der Waals surface area contributed by atoms with Crippen molar-refractivity contribution in [1.29, 1.82) is 5.41 Å². The highest BCUT2D eigenvalue weighted by Gasteiger charge is 2.07. The number of ether oxygens (including phenoxy) is 1. The maximum atomic E-state index is 9.95. The molecule has 0 aliphatic carbocycles. The monoisotopic (exact) mass is 249 g/mol. The van der Waals surface area contributed by atoms with Gasteiger partial charge in [-0.1, -0.05) is 31.2 Å². The first-order valence-electron chi connectivity index (χ1n) is 6.52. The molecule has 0 fully saturated rings. The second kappa shape index (κ2) is 8.01. The van der Waals surface area contributed by atoms with Crippen LogP contribution in [-0.4, -0.2) is 17.4 Å². The molecule has 0 aliphatic rings. The predicted molar refractivity (Wildman–Crippen MR) is 74.0 cm³/mol. The number of rotatable bonds is 8. The number of hydrogen-bond acceptors (Lipinski definition) is 3. The van der Waals surface area contributed by atoms with Gasteiger partial charge in [-0.15, -0.1) is 0 Å². The Morgan fingerprint density at radius 3 is 2.56 bits per heavy atom. The Bertz CT molecular complexity index is 359. The molecule has 18 heavy (non-hydrogen) atoms. The highest BCUT2D eigenvalue weighted by molar-refractivity contribution is 5.78. The molecular weight excluding hydrogens is 226 g/mol. The molecule has 0 aromatic heterocycles. The average Bonchev–Trinajstić information content (AvgIpc) is 2.37. The van der Waals surface area contributed by atoms with Gasteiger partial charge in [0.05, 0.1) is 12.7 Å². The molecule has 0 bridgehead atoms. The van der Waals surface area contributed by atoms with Gasteiger partial charge in [-0.05, 0) is 37.3 Å². The van der Waals surface area contributed by atoms with E-state index in [-0.39, 0.29) is 0 Å². The molecule has 1 aromatic carbocycles. The SMILES string of the molecule is CCCOCc1ccc(C(O)CCC(C)=N)cc1. The summed E-state index contributed by atoms with van der Waals surface area (Å²) in [4.78, 5) is 0. The second-order valence-corrected chi connectivity index (χ2v) is 4.63. The van der Waals surface area contributed by atoms with Gasteiger partial charge in [0.25, 0.3) is 0 Å². The normalized spacial score (nSPS) is 12.4. The zero-order valence-electron chi connectivity index (χ0n) is 11.3. The Balaban J connectivity index is 2.45. The average molecular weight is 249 g/mol. The first-order valence-corrected chi connectivity index (χ1v) is 6.52. The van der Waals surface area contributed by atoms with Gasteiger partial charge < -0.3 is 15.3 Å². The van der Waals surface area contributed by atoms with Crippen LogP contribution in [0.1, 0.15) is 50.3 Å². The van der Waals surface area contributed by atoms with Gasteiger partial charge in [0.1, 0.15) is 0 Å². The number of aliphatic hydroxyl groups is 1. The van der Waals surface area contributed by atoms with E-state index in [0.717, 1.165) is 24.2 Å². The largest absolute Gasteiger partial charge is 0.388 e. The molecule has 0 radical (unpaired) electrons. The topological polar surface area (TPSA) is 53.3 Å².